The lowest BCUT2D eigenvalue weighted by Gasteiger charge is -2.13. The number of aromatic nitrogens is 3. The minimum absolute atomic E-state index is 0.176. The highest BCUT2D eigenvalue weighted by molar-refractivity contribution is 7.98. The van der Waals surface area contributed by atoms with Crippen molar-refractivity contribution in [2.75, 3.05) is 0 Å². The fourth-order valence-corrected chi connectivity index (χ4v) is 3.57. The fraction of sp³-hybridized carbons (Fsp3) is 0.105. The molecule has 0 bridgehead atoms. The maximum atomic E-state index is 14.4. The van der Waals surface area contributed by atoms with E-state index in [1.165, 1.54) is 22.4 Å². The Morgan fingerprint density at radius 1 is 1.15 bits per heavy atom. The van der Waals surface area contributed by atoms with Gasteiger partial charge in [0, 0.05) is 11.8 Å². The molecule has 0 atom stereocenters. The van der Waals surface area contributed by atoms with E-state index >= 15 is 0 Å². The lowest BCUT2D eigenvalue weighted by molar-refractivity contribution is 0.393. The summed E-state index contributed by atoms with van der Waals surface area (Å²) in [5.41, 5.74) is 1.17. The molecule has 2 aromatic heterocycles. The van der Waals surface area contributed by atoms with Crippen molar-refractivity contribution >= 4 is 22.7 Å². The molecule has 0 unspecified atom stereocenters. The molecule has 0 N–H and O–H groups in total. The summed E-state index contributed by atoms with van der Waals surface area (Å²) in [6, 6.07) is 15.0. The molecule has 0 aliphatic carbocycles. The summed E-state index contributed by atoms with van der Waals surface area (Å²) >= 11 is 1.31. The molecule has 2 aromatic carbocycles. The Bertz CT molecular complexity index is 1150. The Kier molecular flexibility index (Phi) is 4.30. The molecule has 4 rings (SSSR count). The number of fused-ring (bicyclic) bond motifs is 1. The molecule has 130 valence electrons. The van der Waals surface area contributed by atoms with Crippen LogP contribution in [0, 0.1) is 12.7 Å². The molecule has 0 radical (unpaired) electrons. The van der Waals surface area contributed by atoms with E-state index in [2.05, 4.69) is 10.1 Å². The van der Waals surface area contributed by atoms with E-state index in [4.69, 9.17) is 4.52 Å². The SMILES string of the molecule is Cc1cc(CSc2nc3ccccc3c(=O)n2-c2ccccc2F)no1. The van der Waals surface area contributed by atoms with Crippen LogP contribution in [0.15, 0.2) is 69.1 Å². The summed E-state index contributed by atoms with van der Waals surface area (Å²) in [6.45, 7) is 1.81. The van der Waals surface area contributed by atoms with Crippen LogP contribution >= 0.6 is 11.8 Å². The number of aryl methyl sites for hydroxylation is 1. The molecular weight excluding hydrogens is 353 g/mol. The van der Waals surface area contributed by atoms with Crippen molar-refractivity contribution in [3.8, 4) is 5.69 Å². The highest BCUT2D eigenvalue weighted by Gasteiger charge is 2.16. The minimum Gasteiger partial charge on any atom is -0.361 e. The largest absolute Gasteiger partial charge is 0.361 e. The maximum absolute atomic E-state index is 14.4. The number of rotatable bonds is 4. The number of halogens is 1. The Balaban J connectivity index is 1.88. The number of thioether (sulfide) groups is 1. The van der Waals surface area contributed by atoms with Crippen LogP contribution in [0.1, 0.15) is 11.5 Å². The van der Waals surface area contributed by atoms with Gasteiger partial charge in [0.1, 0.15) is 11.6 Å². The van der Waals surface area contributed by atoms with Gasteiger partial charge in [0.15, 0.2) is 5.16 Å². The predicted octanol–water partition coefficient (Wildman–Crippen LogP) is 4.11. The highest BCUT2D eigenvalue weighted by atomic mass is 32.2. The van der Waals surface area contributed by atoms with E-state index in [-0.39, 0.29) is 11.2 Å². The molecule has 0 fully saturated rings. The zero-order valence-corrected chi connectivity index (χ0v) is 14.7. The molecular formula is C19H14FN3O2S. The van der Waals surface area contributed by atoms with Crippen molar-refractivity contribution in [2.45, 2.75) is 17.8 Å². The van der Waals surface area contributed by atoms with Gasteiger partial charge in [-0.2, -0.15) is 0 Å². The summed E-state index contributed by atoms with van der Waals surface area (Å²) in [6.07, 6.45) is 0. The van der Waals surface area contributed by atoms with Gasteiger partial charge in [0.25, 0.3) is 5.56 Å². The van der Waals surface area contributed by atoms with E-state index in [0.29, 0.717) is 27.6 Å². The van der Waals surface area contributed by atoms with Crippen LogP contribution < -0.4 is 5.56 Å². The summed E-state index contributed by atoms with van der Waals surface area (Å²) in [7, 11) is 0. The Hall–Kier alpha value is -2.93. The normalized spacial score (nSPS) is 11.2. The number of benzene rings is 2. The summed E-state index contributed by atoms with van der Waals surface area (Å²) in [5, 5.41) is 4.79. The van der Waals surface area contributed by atoms with Gasteiger partial charge < -0.3 is 4.52 Å². The highest BCUT2D eigenvalue weighted by Crippen LogP contribution is 2.25. The van der Waals surface area contributed by atoms with Crippen molar-refractivity contribution in [3.63, 3.8) is 0 Å². The summed E-state index contributed by atoms with van der Waals surface area (Å²) in [5.74, 6) is 0.681. The first-order valence-corrected chi connectivity index (χ1v) is 8.94. The van der Waals surface area contributed by atoms with Gasteiger partial charge in [-0.3, -0.25) is 9.36 Å². The maximum Gasteiger partial charge on any atom is 0.266 e. The quantitative estimate of drug-likeness (QED) is 0.401. The van der Waals surface area contributed by atoms with Crippen molar-refractivity contribution in [1.29, 1.82) is 0 Å². The molecule has 0 spiro atoms. The van der Waals surface area contributed by atoms with E-state index in [1.54, 1.807) is 36.4 Å². The Morgan fingerprint density at radius 2 is 1.92 bits per heavy atom. The summed E-state index contributed by atoms with van der Waals surface area (Å²) < 4.78 is 20.8. The van der Waals surface area contributed by atoms with Crippen molar-refractivity contribution in [2.24, 2.45) is 0 Å². The van der Waals surface area contributed by atoms with E-state index in [1.807, 2.05) is 19.1 Å². The number of para-hydroxylation sites is 2. The van der Waals surface area contributed by atoms with E-state index in [9.17, 15) is 9.18 Å². The molecule has 0 saturated carbocycles. The third kappa shape index (κ3) is 3.01. The van der Waals surface area contributed by atoms with Gasteiger partial charge in [0.2, 0.25) is 0 Å². The zero-order chi connectivity index (χ0) is 18.1. The van der Waals surface area contributed by atoms with Gasteiger partial charge in [-0.05, 0) is 31.2 Å². The number of nitrogens with zero attached hydrogens (tertiary/aromatic N) is 3. The molecule has 0 aliphatic heterocycles. The molecule has 2 heterocycles. The monoisotopic (exact) mass is 367 g/mol. The van der Waals surface area contributed by atoms with Crippen LogP contribution in [0.3, 0.4) is 0 Å². The van der Waals surface area contributed by atoms with E-state index in [0.717, 1.165) is 5.69 Å². The second kappa shape index (κ2) is 6.76. The number of hydrogen-bond acceptors (Lipinski definition) is 5. The minimum atomic E-state index is -0.481. The fourth-order valence-electron chi connectivity index (χ4n) is 2.68. The second-order valence-corrected chi connectivity index (χ2v) is 6.66. The van der Waals surface area contributed by atoms with Gasteiger partial charge in [-0.25, -0.2) is 9.37 Å². The van der Waals surface area contributed by atoms with Crippen LogP contribution in [-0.2, 0) is 5.75 Å². The van der Waals surface area contributed by atoms with Gasteiger partial charge in [-0.15, -0.1) is 0 Å². The van der Waals surface area contributed by atoms with E-state index < -0.39 is 5.82 Å². The molecule has 7 heteroatoms. The lowest BCUT2D eigenvalue weighted by atomic mass is 10.2. The lowest BCUT2D eigenvalue weighted by Crippen LogP contribution is -2.22. The third-order valence-electron chi connectivity index (χ3n) is 3.86. The second-order valence-electron chi connectivity index (χ2n) is 5.72. The van der Waals surface area contributed by atoms with Crippen molar-refractivity contribution < 1.29 is 8.91 Å². The van der Waals surface area contributed by atoms with Gasteiger partial charge >= 0.3 is 0 Å². The van der Waals surface area contributed by atoms with Crippen LogP contribution in [0.5, 0.6) is 0 Å². The predicted molar refractivity (Wildman–Crippen MR) is 98.1 cm³/mol. The molecule has 5 nitrogen and oxygen atoms in total. The number of hydrogen-bond donors (Lipinski definition) is 0. The van der Waals surface area contributed by atoms with Crippen LogP contribution in [0.2, 0.25) is 0 Å². The van der Waals surface area contributed by atoms with Gasteiger partial charge in [-0.1, -0.05) is 41.2 Å². The molecule has 0 aliphatic rings. The summed E-state index contributed by atoms with van der Waals surface area (Å²) in [4.78, 5) is 17.6. The van der Waals surface area contributed by atoms with Crippen LogP contribution in [0.25, 0.3) is 16.6 Å². The average Bonchev–Trinajstić information content (AvgIpc) is 3.06. The first kappa shape index (κ1) is 16.5. The van der Waals surface area contributed by atoms with Crippen LogP contribution in [-0.4, -0.2) is 14.7 Å². The van der Waals surface area contributed by atoms with Gasteiger partial charge in [0.05, 0.1) is 22.3 Å². The molecule has 26 heavy (non-hydrogen) atoms. The first-order chi connectivity index (χ1) is 12.6. The molecule has 0 saturated heterocycles. The zero-order valence-electron chi connectivity index (χ0n) is 13.8. The molecule has 0 amide bonds. The van der Waals surface area contributed by atoms with Crippen LogP contribution in [0.4, 0.5) is 4.39 Å². The smallest absolute Gasteiger partial charge is 0.266 e. The third-order valence-corrected chi connectivity index (χ3v) is 4.84. The average molecular weight is 367 g/mol. The topological polar surface area (TPSA) is 60.9 Å². The Labute approximate surface area is 152 Å². The van der Waals surface area contributed by atoms with Crippen molar-refractivity contribution in [3.05, 3.63) is 82.2 Å². The standard InChI is InChI=1S/C19H14FN3O2S/c1-12-10-13(22-25-12)11-26-19-21-16-8-4-2-6-14(16)18(24)23(19)17-9-5-3-7-15(17)20/h2-10H,11H2,1H3. The Morgan fingerprint density at radius 3 is 2.69 bits per heavy atom. The molecule has 4 aromatic rings. The first-order valence-electron chi connectivity index (χ1n) is 7.95. The van der Waals surface area contributed by atoms with Crippen molar-refractivity contribution in [1.82, 2.24) is 14.7 Å².